The quantitative estimate of drug-likeness (QED) is 0.731. The highest BCUT2D eigenvalue weighted by molar-refractivity contribution is 7.88. The Morgan fingerprint density at radius 2 is 1.69 bits per heavy atom. The second-order valence-corrected chi connectivity index (χ2v) is 7.26. The Balaban J connectivity index is 2.00. The summed E-state index contributed by atoms with van der Waals surface area (Å²) in [5, 5.41) is 2.61. The average molecular weight is 384 g/mol. The Morgan fingerprint density at radius 3 is 2.31 bits per heavy atom. The lowest BCUT2D eigenvalue weighted by Crippen LogP contribution is -2.24. The standard InChI is InChI=1S/C17H18F2N2O4S/c1-20-26(23,24)11-13-8-6-12(7-9-13)10-21-16(22)14-4-2-3-5-15(14)25-17(18)19/h2-9,17,20H,10-11H2,1H3,(H,21,22). The molecule has 2 rings (SSSR count). The largest absolute Gasteiger partial charge is 0.434 e. The summed E-state index contributed by atoms with van der Waals surface area (Å²) in [6, 6.07) is 12.4. The predicted octanol–water partition coefficient (Wildman–Crippen LogP) is 2.27. The van der Waals surface area contributed by atoms with Gasteiger partial charge < -0.3 is 10.1 Å². The minimum atomic E-state index is -3.36. The molecule has 0 fully saturated rings. The Morgan fingerprint density at radius 1 is 1.08 bits per heavy atom. The van der Waals surface area contributed by atoms with Crippen LogP contribution in [-0.4, -0.2) is 28.0 Å². The van der Waals surface area contributed by atoms with E-state index in [-0.39, 0.29) is 23.6 Å². The van der Waals surface area contributed by atoms with Gasteiger partial charge in [0.25, 0.3) is 5.91 Å². The van der Waals surface area contributed by atoms with Crippen molar-refractivity contribution in [1.29, 1.82) is 0 Å². The van der Waals surface area contributed by atoms with Gasteiger partial charge in [-0.1, -0.05) is 36.4 Å². The van der Waals surface area contributed by atoms with Gasteiger partial charge in [-0.2, -0.15) is 8.78 Å². The number of hydrogen-bond donors (Lipinski definition) is 2. The highest BCUT2D eigenvalue weighted by Gasteiger charge is 2.15. The summed E-state index contributed by atoms with van der Waals surface area (Å²) in [5.74, 6) is -0.898. The molecule has 2 aromatic carbocycles. The Kier molecular flexibility index (Phi) is 6.64. The number of hydrogen-bond acceptors (Lipinski definition) is 4. The molecule has 0 aliphatic rings. The summed E-state index contributed by atoms with van der Waals surface area (Å²) >= 11 is 0. The molecular formula is C17H18F2N2O4S. The fraction of sp³-hybridized carbons (Fsp3) is 0.235. The van der Waals surface area contributed by atoms with Crippen LogP contribution in [0.25, 0.3) is 0 Å². The number of carbonyl (C=O) groups excluding carboxylic acids is 1. The van der Waals surface area contributed by atoms with Crippen molar-refractivity contribution in [3.8, 4) is 5.75 Å². The molecular weight excluding hydrogens is 366 g/mol. The molecule has 0 saturated heterocycles. The summed E-state index contributed by atoms with van der Waals surface area (Å²) in [5.41, 5.74) is 1.34. The van der Waals surface area contributed by atoms with E-state index in [0.717, 1.165) is 5.56 Å². The van der Waals surface area contributed by atoms with Crippen molar-refractivity contribution >= 4 is 15.9 Å². The van der Waals surface area contributed by atoms with E-state index in [4.69, 9.17) is 0 Å². The molecule has 0 aliphatic heterocycles. The third kappa shape index (κ3) is 5.78. The minimum Gasteiger partial charge on any atom is -0.434 e. The summed E-state index contributed by atoms with van der Waals surface area (Å²) < 4.78 is 54.4. The first-order chi connectivity index (χ1) is 12.3. The van der Waals surface area contributed by atoms with Gasteiger partial charge in [0, 0.05) is 6.54 Å². The highest BCUT2D eigenvalue weighted by atomic mass is 32.2. The van der Waals surface area contributed by atoms with Gasteiger partial charge >= 0.3 is 6.61 Å². The van der Waals surface area contributed by atoms with Crippen molar-refractivity contribution in [3.63, 3.8) is 0 Å². The molecule has 6 nitrogen and oxygen atoms in total. The molecule has 26 heavy (non-hydrogen) atoms. The van der Waals surface area contributed by atoms with E-state index in [9.17, 15) is 22.0 Å². The van der Waals surface area contributed by atoms with Crippen molar-refractivity contribution in [2.75, 3.05) is 7.05 Å². The van der Waals surface area contributed by atoms with Crippen molar-refractivity contribution in [3.05, 3.63) is 65.2 Å². The van der Waals surface area contributed by atoms with E-state index in [1.165, 1.54) is 25.2 Å². The normalized spacial score (nSPS) is 11.4. The molecule has 0 saturated carbocycles. The Hall–Kier alpha value is -2.52. The van der Waals surface area contributed by atoms with Gasteiger partial charge in [-0.15, -0.1) is 0 Å². The van der Waals surface area contributed by atoms with Gasteiger partial charge in [0.2, 0.25) is 10.0 Å². The number of nitrogens with one attached hydrogen (secondary N) is 2. The third-order valence-corrected chi connectivity index (χ3v) is 4.83. The van der Waals surface area contributed by atoms with E-state index in [1.54, 1.807) is 30.3 Å². The molecule has 0 bridgehead atoms. The molecule has 0 atom stereocenters. The summed E-state index contributed by atoms with van der Waals surface area (Å²) in [6.07, 6.45) is 0. The number of carbonyl (C=O) groups is 1. The first kappa shape index (κ1) is 19.8. The van der Waals surface area contributed by atoms with E-state index in [0.29, 0.717) is 5.56 Å². The van der Waals surface area contributed by atoms with Gasteiger partial charge in [-0.3, -0.25) is 4.79 Å². The number of para-hydroxylation sites is 1. The van der Waals surface area contributed by atoms with Crippen LogP contribution in [0.15, 0.2) is 48.5 Å². The fourth-order valence-electron chi connectivity index (χ4n) is 2.18. The third-order valence-electron chi connectivity index (χ3n) is 3.49. The van der Waals surface area contributed by atoms with Gasteiger partial charge in [0.15, 0.2) is 0 Å². The first-order valence-corrected chi connectivity index (χ1v) is 9.27. The lowest BCUT2D eigenvalue weighted by molar-refractivity contribution is -0.0501. The summed E-state index contributed by atoms with van der Waals surface area (Å²) in [7, 11) is -2.01. The maximum atomic E-state index is 12.4. The van der Waals surface area contributed by atoms with E-state index in [2.05, 4.69) is 14.8 Å². The lowest BCUT2D eigenvalue weighted by atomic mass is 10.1. The molecule has 0 radical (unpaired) electrons. The van der Waals surface area contributed by atoms with Gasteiger partial charge in [-0.25, -0.2) is 13.1 Å². The van der Waals surface area contributed by atoms with Crippen molar-refractivity contribution in [1.82, 2.24) is 10.0 Å². The molecule has 0 aliphatic carbocycles. The zero-order valence-corrected chi connectivity index (χ0v) is 14.7. The zero-order chi connectivity index (χ0) is 19.2. The van der Waals surface area contributed by atoms with Crippen LogP contribution >= 0.6 is 0 Å². The summed E-state index contributed by atoms with van der Waals surface area (Å²) in [4.78, 5) is 12.2. The Bertz CT molecular complexity index is 855. The molecule has 0 spiro atoms. The molecule has 0 unspecified atom stereocenters. The van der Waals surface area contributed by atoms with Crippen LogP contribution in [0, 0.1) is 0 Å². The highest BCUT2D eigenvalue weighted by Crippen LogP contribution is 2.20. The number of rotatable bonds is 8. The average Bonchev–Trinajstić information content (AvgIpc) is 2.60. The van der Waals surface area contributed by atoms with Crippen LogP contribution in [0.3, 0.4) is 0 Å². The lowest BCUT2D eigenvalue weighted by Gasteiger charge is -2.11. The van der Waals surface area contributed by atoms with Crippen molar-refractivity contribution < 1.29 is 26.7 Å². The van der Waals surface area contributed by atoms with Gasteiger partial charge in [0.05, 0.1) is 11.3 Å². The summed E-state index contributed by atoms with van der Waals surface area (Å²) in [6.45, 7) is -2.87. The molecule has 140 valence electrons. The smallest absolute Gasteiger partial charge is 0.387 e. The van der Waals surface area contributed by atoms with Crippen LogP contribution in [0.5, 0.6) is 5.75 Å². The second-order valence-electron chi connectivity index (χ2n) is 5.34. The number of alkyl halides is 2. The van der Waals surface area contributed by atoms with Crippen molar-refractivity contribution in [2.45, 2.75) is 18.9 Å². The molecule has 9 heteroatoms. The van der Waals surface area contributed by atoms with Crippen LogP contribution in [0.4, 0.5) is 8.78 Å². The topological polar surface area (TPSA) is 84.5 Å². The maximum absolute atomic E-state index is 12.4. The minimum absolute atomic E-state index is 0.00420. The predicted molar refractivity (Wildman–Crippen MR) is 92.4 cm³/mol. The number of ether oxygens (including phenoxy) is 1. The molecule has 0 aromatic heterocycles. The molecule has 2 N–H and O–H groups in total. The van der Waals surface area contributed by atoms with Crippen LogP contribution in [0.2, 0.25) is 0 Å². The number of sulfonamides is 1. The van der Waals surface area contributed by atoms with Crippen LogP contribution < -0.4 is 14.8 Å². The second kappa shape index (κ2) is 8.72. The van der Waals surface area contributed by atoms with Crippen LogP contribution in [0.1, 0.15) is 21.5 Å². The fourth-order valence-corrected chi connectivity index (χ4v) is 2.95. The first-order valence-electron chi connectivity index (χ1n) is 7.62. The number of benzene rings is 2. The van der Waals surface area contributed by atoms with Gasteiger partial charge in [0.1, 0.15) is 5.75 Å². The van der Waals surface area contributed by atoms with Crippen LogP contribution in [-0.2, 0) is 22.3 Å². The molecule has 1 amide bonds. The number of halogens is 2. The molecule has 2 aromatic rings. The monoisotopic (exact) mass is 384 g/mol. The van der Waals surface area contributed by atoms with E-state index >= 15 is 0 Å². The maximum Gasteiger partial charge on any atom is 0.387 e. The number of amides is 1. The zero-order valence-electron chi connectivity index (χ0n) is 13.9. The van der Waals surface area contributed by atoms with E-state index < -0.39 is 22.5 Å². The Labute approximate surface area is 150 Å². The molecule has 0 heterocycles. The van der Waals surface area contributed by atoms with Gasteiger partial charge in [-0.05, 0) is 30.3 Å². The van der Waals surface area contributed by atoms with Crippen molar-refractivity contribution in [2.24, 2.45) is 0 Å². The van der Waals surface area contributed by atoms with E-state index in [1.807, 2.05) is 0 Å². The SMILES string of the molecule is CNS(=O)(=O)Cc1ccc(CNC(=O)c2ccccc2OC(F)F)cc1.